The van der Waals surface area contributed by atoms with Crippen LogP contribution in [0.4, 0.5) is 0 Å². The van der Waals surface area contributed by atoms with Gasteiger partial charge in [0.2, 0.25) is 35.4 Å². The number of imidazole rings is 1. The number of aromatic nitrogens is 2. The lowest BCUT2D eigenvalue weighted by Gasteiger charge is -2.28. The van der Waals surface area contributed by atoms with E-state index in [1.807, 2.05) is 0 Å². The molecule has 0 fully saturated rings. The fourth-order valence-electron chi connectivity index (χ4n) is 5.34. The van der Waals surface area contributed by atoms with Crippen LogP contribution in [0.3, 0.4) is 0 Å². The van der Waals surface area contributed by atoms with Crippen LogP contribution < -0.4 is 49.1 Å². The highest BCUT2D eigenvalue weighted by molar-refractivity contribution is 5.97. The Morgan fingerprint density at radius 3 is 1.87 bits per heavy atom. The smallest absolute Gasteiger partial charge is 0.325 e. The molecule has 24 heteroatoms. The summed E-state index contributed by atoms with van der Waals surface area (Å²) in [6.07, 6.45) is 0.224. The molecular weight excluding hydrogens is 792 g/mol. The first-order valence-electron chi connectivity index (χ1n) is 18.7. The predicted molar refractivity (Wildman–Crippen MR) is 211 cm³/mol. The fraction of sp³-hybridized carbons (Fsp3) is 0.500. The summed E-state index contributed by atoms with van der Waals surface area (Å²) in [5.74, 6) is -8.38. The maximum absolute atomic E-state index is 13.8. The molecule has 0 bridgehead atoms. The minimum absolute atomic E-state index is 0.0566. The Kier molecular flexibility index (Phi) is 19.9. The zero-order valence-electron chi connectivity index (χ0n) is 33.2. The summed E-state index contributed by atoms with van der Waals surface area (Å²) in [5.41, 5.74) is 17.4. The maximum atomic E-state index is 13.8. The van der Waals surface area contributed by atoms with Crippen LogP contribution in [0.5, 0.6) is 5.75 Å². The van der Waals surface area contributed by atoms with Crippen LogP contribution in [0.15, 0.2) is 41.8 Å². The molecule has 0 saturated carbocycles. The molecule has 8 atom stereocenters. The van der Waals surface area contributed by atoms with Crippen LogP contribution >= 0.6 is 0 Å². The molecule has 2 aromatic rings. The number of hydrogen-bond acceptors (Lipinski definition) is 13. The third kappa shape index (κ3) is 17.4. The number of benzene rings is 1. The Labute approximate surface area is 343 Å². The molecule has 0 aliphatic rings. The third-order valence-corrected chi connectivity index (χ3v) is 8.75. The number of phenolic OH excluding ortho intramolecular Hbond substituents is 1. The van der Waals surface area contributed by atoms with Gasteiger partial charge in [-0.3, -0.25) is 43.3 Å². The van der Waals surface area contributed by atoms with Crippen molar-refractivity contribution < 1.29 is 58.8 Å². The summed E-state index contributed by atoms with van der Waals surface area (Å²) in [6, 6.07) is -4.32. The average molecular weight is 847 g/mol. The van der Waals surface area contributed by atoms with Gasteiger partial charge < -0.3 is 74.5 Å². The quantitative estimate of drug-likeness (QED) is 0.0255. The fourth-order valence-corrected chi connectivity index (χ4v) is 5.34. The number of guanidine groups is 1. The highest BCUT2D eigenvalue weighted by Crippen LogP contribution is 2.13. The molecule has 1 heterocycles. The van der Waals surface area contributed by atoms with E-state index in [9.17, 15) is 53.7 Å². The van der Waals surface area contributed by atoms with E-state index in [0.29, 0.717) is 11.3 Å². The van der Waals surface area contributed by atoms with Crippen molar-refractivity contribution in [3.05, 3.63) is 48.0 Å². The minimum Gasteiger partial charge on any atom is -0.508 e. The van der Waals surface area contributed by atoms with Gasteiger partial charge in [0, 0.05) is 37.7 Å². The monoisotopic (exact) mass is 846 g/mol. The molecule has 1 aromatic heterocycles. The van der Waals surface area contributed by atoms with Gasteiger partial charge in [0.1, 0.15) is 42.0 Å². The number of carbonyl (C=O) groups excluding carboxylic acids is 6. The van der Waals surface area contributed by atoms with E-state index >= 15 is 0 Å². The molecule has 1 aromatic carbocycles. The maximum Gasteiger partial charge on any atom is 0.325 e. The number of carboxylic acid groups (broad SMARTS) is 2. The van der Waals surface area contributed by atoms with E-state index in [1.165, 1.54) is 57.6 Å². The second kappa shape index (κ2) is 24.2. The van der Waals surface area contributed by atoms with Gasteiger partial charge >= 0.3 is 11.9 Å². The number of nitrogens with two attached hydrogens (primary N) is 3. The third-order valence-electron chi connectivity index (χ3n) is 8.75. The number of aliphatic carboxylic acids is 2. The lowest BCUT2D eigenvalue weighted by molar-refractivity contribution is -0.142. The van der Waals surface area contributed by atoms with Gasteiger partial charge in [-0.15, -0.1) is 0 Å². The molecule has 0 aliphatic heterocycles. The second-order valence-corrected chi connectivity index (χ2v) is 13.8. The van der Waals surface area contributed by atoms with Crippen LogP contribution in [0.2, 0.25) is 0 Å². The minimum atomic E-state index is -1.73. The highest BCUT2D eigenvalue weighted by atomic mass is 16.4. The van der Waals surface area contributed by atoms with Gasteiger partial charge in [0.15, 0.2) is 5.96 Å². The van der Waals surface area contributed by atoms with Gasteiger partial charge in [0.25, 0.3) is 0 Å². The number of hydrogen-bond donors (Lipinski definition) is 14. The van der Waals surface area contributed by atoms with Crippen LogP contribution in [0, 0.1) is 0 Å². The van der Waals surface area contributed by atoms with Crippen molar-refractivity contribution in [2.45, 2.75) is 108 Å². The highest BCUT2D eigenvalue weighted by Gasteiger charge is 2.34. The zero-order chi connectivity index (χ0) is 45.1. The second-order valence-electron chi connectivity index (χ2n) is 13.8. The first-order chi connectivity index (χ1) is 28.2. The normalized spacial score (nSPS) is 14.9. The van der Waals surface area contributed by atoms with Gasteiger partial charge in [0.05, 0.1) is 18.5 Å². The molecule has 0 radical (unpaired) electrons. The molecule has 0 aliphatic carbocycles. The van der Waals surface area contributed by atoms with Gasteiger partial charge in [-0.05, 0) is 57.7 Å². The average Bonchev–Trinajstić information content (AvgIpc) is 3.69. The zero-order valence-corrected chi connectivity index (χ0v) is 33.2. The first-order valence-corrected chi connectivity index (χ1v) is 18.7. The van der Waals surface area contributed by atoms with Gasteiger partial charge in [-0.2, -0.15) is 0 Å². The number of rotatable bonds is 25. The summed E-state index contributed by atoms with van der Waals surface area (Å²) in [6.45, 7) is 3.69. The number of nitrogens with one attached hydrogen (secondary N) is 7. The predicted octanol–water partition coefficient (Wildman–Crippen LogP) is -4.44. The van der Waals surface area contributed by atoms with Crippen LogP contribution in [-0.4, -0.2) is 139 Å². The number of nitrogens with zero attached hydrogens (tertiary/aromatic N) is 2. The van der Waals surface area contributed by atoms with E-state index in [-0.39, 0.29) is 50.4 Å². The molecule has 17 N–H and O–H groups in total. The Hall–Kier alpha value is -6.82. The van der Waals surface area contributed by atoms with E-state index in [0.717, 1.165) is 0 Å². The summed E-state index contributed by atoms with van der Waals surface area (Å²) in [7, 11) is 0. The largest absolute Gasteiger partial charge is 0.508 e. The Morgan fingerprint density at radius 1 is 0.733 bits per heavy atom. The summed E-state index contributed by atoms with van der Waals surface area (Å²) in [4.78, 5) is 113. The molecule has 24 nitrogen and oxygen atoms in total. The molecule has 330 valence electrons. The van der Waals surface area contributed by atoms with Crippen molar-refractivity contribution in [3.8, 4) is 5.75 Å². The number of amides is 6. The summed E-state index contributed by atoms with van der Waals surface area (Å²) < 4.78 is 0. The van der Waals surface area contributed by atoms with Crippen molar-refractivity contribution in [3.63, 3.8) is 0 Å². The van der Waals surface area contributed by atoms with Crippen LogP contribution in [-0.2, 0) is 51.2 Å². The number of carboxylic acids is 2. The van der Waals surface area contributed by atoms with Crippen LogP contribution in [0.1, 0.15) is 57.7 Å². The first kappa shape index (κ1) is 49.3. The van der Waals surface area contributed by atoms with Crippen molar-refractivity contribution >= 4 is 53.3 Å². The van der Waals surface area contributed by atoms with E-state index in [4.69, 9.17) is 22.3 Å². The van der Waals surface area contributed by atoms with Crippen molar-refractivity contribution in [2.75, 3.05) is 6.54 Å². The number of H-pyrrole nitrogens is 1. The molecular formula is C36H54N12O12. The van der Waals surface area contributed by atoms with Crippen LogP contribution in [0.25, 0.3) is 0 Å². The Balaban J connectivity index is 2.29. The topological polar surface area (TPSA) is 409 Å². The number of carbonyl (C=O) groups is 8. The van der Waals surface area contributed by atoms with E-state index in [1.54, 1.807) is 0 Å². The van der Waals surface area contributed by atoms with Gasteiger partial charge in [-0.25, -0.2) is 4.98 Å². The Morgan fingerprint density at radius 2 is 1.30 bits per heavy atom. The SMILES string of the molecule is C[C@H](NC(=O)[C@H](CCCN=C(N)N)NC(=O)[C@H](Cc1ccc(O)cc1)NC(=O)[C@@H](NC(=O)[C@H](C)NC(=O)[C@H](Cc1cnc[nH]1)NC(=O)[C@@H](N)CCC(=O)O)[C@@H](C)O)C(=O)O. The number of aliphatic hydroxyl groups is 1. The van der Waals surface area contributed by atoms with Crippen molar-refractivity contribution in [2.24, 2.45) is 22.2 Å². The number of aromatic hydroxyl groups is 1. The van der Waals surface area contributed by atoms with Crippen molar-refractivity contribution in [1.29, 1.82) is 0 Å². The number of aliphatic hydroxyl groups excluding tert-OH is 1. The number of aromatic amines is 1. The number of aliphatic imine (C=N–C) groups is 1. The molecule has 0 saturated heterocycles. The molecule has 0 unspecified atom stereocenters. The summed E-state index contributed by atoms with van der Waals surface area (Å²) >= 11 is 0. The Bertz CT molecular complexity index is 1820. The lowest BCUT2D eigenvalue weighted by atomic mass is 10.0. The summed E-state index contributed by atoms with van der Waals surface area (Å²) in [5, 5.41) is 53.1. The molecule has 60 heavy (non-hydrogen) atoms. The lowest BCUT2D eigenvalue weighted by Crippen LogP contribution is -2.61. The number of phenols is 1. The standard InChI is InChI=1S/C36H54N12O12/c1-17(43-32(56)26(14-21-15-40-16-42-21)46-30(54)23(37)10-11-27(51)52)29(53)48-28(19(3)49)34(58)47-25(13-20-6-8-22(50)9-7-20)33(57)45-24(5-4-12-41-36(38)39)31(55)44-18(2)35(59)60/h6-9,15-19,23-26,28,49-50H,4-5,10-14,37H2,1-3H3,(H,40,42)(H,43,56)(H,44,55)(H,45,57)(H,46,54)(H,47,58)(H,48,53)(H,51,52)(H,59,60)(H4,38,39,41)/t17-,18-,19+,23-,24-,25-,26-,28-/m0/s1. The molecule has 0 spiro atoms. The molecule has 2 rings (SSSR count). The van der Waals surface area contributed by atoms with E-state index < -0.39 is 102 Å². The van der Waals surface area contributed by atoms with Gasteiger partial charge in [-0.1, -0.05) is 12.1 Å². The van der Waals surface area contributed by atoms with E-state index in [2.05, 4.69) is 46.9 Å². The molecule has 6 amide bonds. The van der Waals surface area contributed by atoms with Crippen molar-refractivity contribution in [1.82, 2.24) is 41.9 Å².